The Balaban J connectivity index is 2.28. The maximum Gasteiger partial charge on any atom is 0.344 e. The Morgan fingerprint density at radius 3 is 2.91 bits per heavy atom. The van der Waals surface area contributed by atoms with Crippen molar-refractivity contribution < 1.29 is 18.3 Å². The molecule has 0 aliphatic carbocycles. The first-order chi connectivity index (χ1) is 10.6. The highest BCUT2D eigenvalue weighted by atomic mass is 19.1. The molecule has 0 bridgehead atoms. The van der Waals surface area contributed by atoms with E-state index in [1.165, 1.54) is 16.8 Å². The zero-order chi connectivity index (χ0) is 15.7. The zero-order valence-corrected chi connectivity index (χ0v) is 11.6. The summed E-state index contributed by atoms with van der Waals surface area (Å²) < 4.78 is 33.5. The number of hydrogen-bond acceptors (Lipinski definition) is 4. The smallest absolute Gasteiger partial charge is 0.344 e. The number of benzene rings is 1. The fourth-order valence-electron chi connectivity index (χ4n) is 2.15. The molecule has 112 valence electrons. The van der Waals surface area contributed by atoms with Crippen LogP contribution in [0.25, 0.3) is 16.9 Å². The van der Waals surface area contributed by atoms with Crippen molar-refractivity contribution in [2.45, 2.75) is 6.92 Å². The lowest BCUT2D eigenvalue weighted by molar-refractivity contribution is 0.0529. The number of fused-ring (bicyclic) bond motifs is 1. The zero-order valence-electron chi connectivity index (χ0n) is 11.6. The minimum absolute atomic E-state index is 0.00922. The topological polar surface area (TPSA) is 56.5 Å². The molecule has 0 amide bonds. The molecule has 3 rings (SSSR count). The van der Waals surface area contributed by atoms with Crippen LogP contribution in [-0.4, -0.2) is 27.2 Å². The lowest BCUT2D eigenvalue weighted by atomic mass is 10.1. The number of hydrogen-bond donors (Lipinski definition) is 0. The van der Waals surface area contributed by atoms with Crippen molar-refractivity contribution in [2.24, 2.45) is 0 Å². The molecule has 3 aromatic rings. The molecule has 0 spiro atoms. The lowest BCUT2D eigenvalue weighted by Gasteiger charge is -2.04. The Kier molecular flexibility index (Phi) is 3.54. The Hall–Kier alpha value is -2.83. The van der Waals surface area contributed by atoms with Crippen LogP contribution in [-0.2, 0) is 4.74 Å². The largest absolute Gasteiger partial charge is 0.462 e. The molecule has 22 heavy (non-hydrogen) atoms. The number of nitrogens with zero attached hydrogens (tertiary/aromatic N) is 3. The van der Waals surface area contributed by atoms with Crippen LogP contribution in [0, 0.1) is 11.6 Å². The van der Waals surface area contributed by atoms with Gasteiger partial charge in [-0.05, 0) is 25.1 Å². The Morgan fingerprint density at radius 2 is 2.18 bits per heavy atom. The average molecular weight is 303 g/mol. The van der Waals surface area contributed by atoms with Crippen LogP contribution in [0.1, 0.15) is 17.3 Å². The van der Waals surface area contributed by atoms with Crippen LogP contribution in [0.2, 0.25) is 0 Å². The summed E-state index contributed by atoms with van der Waals surface area (Å²) in [4.78, 5) is 16.3. The summed E-state index contributed by atoms with van der Waals surface area (Å²) in [5.74, 6) is -2.18. The van der Waals surface area contributed by atoms with Crippen molar-refractivity contribution in [2.75, 3.05) is 6.61 Å². The van der Waals surface area contributed by atoms with Crippen molar-refractivity contribution in [3.63, 3.8) is 0 Å². The van der Waals surface area contributed by atoms with Gasteiger partial charge in [0.05, 0.1) is 6.61 Å². The van der Waals surface area contributed by atoms with E-state index < -0.39 is 17.6 Å². The van der Waals surface area contributed by atoms with E-state index >= 15 is 0 Å². The monoisotopic (exact) mass is 303 g/mol. The van der Waals surface area contributed by atoms with E-state index in [-0.39, 0.29) is 29.1 Å². The summed E-state index contributed by atoms with van der Waals surface area (Å²) in [6.45, 7) is 1.82. The van der Waals surface area contributed by atoms with Crippen LogP contribution in [0.3, 0.4) is 0 Å². The van der Waals surface area contributed by atoms with Crippen LogP contribution in [0.5, 0.6) is 0 Å². The highest BCUT2D eigenvalue weighted by Crippen LogP contribution is 2.28. The van der Waals surface area contributed by atoms with Gasteiger partial charge in [0.25, 0.3) is 0 Å². The highest BCUT2D eigenvalue weighted by Gasteiger charge is 2.25. The van der Waals surface area contributed by atoms with E-state index in [1.54, 1.807) is 19.2 Å². The number of carbonyl (C=O) groups excluding carboxylic acids is 1. The molecule has 0 unspecified atom stereocenters. The number of rotatable bonds is 3. The molecule has 0 atom stereocenters. The predicted octanol–water partition coefficient (Wildman–Crippen LogP) is 2.85. The van der Waals surface area contributed by atoms with Crippen molar-refractivity contribution in [3.8, 4) is 11.3 Å². The Morgan fingerprint density at radius 1 is 1.36 bits per heavy atom. The fraction of sp³-hybridized carbons (Fsp3) is 0.133. The molecular formula is C15H11F2N3O2. The van der Waals surface area contributed by atoms with Gasteiger partial charge in [0.15, 0.2) is 5.65 Å². The van der Waals surface area contributed by atoms with E-state index in [4.69, 9.17) is 4.74 Å². The molecule has 5 nitrogen and oxygen atoms in total. The van der Waals surface area contributed by atoms with Gasteiger partial charge in [-0.25, -0.2) is 23.1 Å². The van der Waals surface area contributed by atoms with Gasteiger partial charge < -0.3 is 4.74 Å². The van der Waals surface area contributed by atoms with E-state index in [1.807, 2.05) is 0 Å². The first-order valence-electron chi connectivity index (χ1n) is 6.57. The summed E-state index contributed by atoms with van der Waals surface area (Å²) in [5, 5.41) is 4.17. The van der Waals surface area contributed by atoms with Gasteiger partial charge in [-0.2, -0.15) is 5.10 Å². The van der Waals surface area contributed by atoms with Crippen molar-refractivity contribution in [1.82, 2.24) is 14.6 Å². The van der Waals surface area contributed by atoms with Gasteiger partial charge in [-0.1, -0.05) is 0 Å². The van der Waals surface area contributed by atoms with Gasteiger partial charge in [0.1, 0.15) is 22.9 Å². The van der Waals surface area contributed by atoms with Crippen molar-refractivity contribution >= 4 is 11.6 Å². The van der Waals surface area contributed by atoms with Crippen molar-refractivity contribution in [3.05, 3.63) is 53.9 Å². The van der Waals surface area contributed by atoms with Crippen LogP contribution in [0.15, 0.2) is 36.7 Å². The van der Waals surface area contributed by atoms with Crippen LogP contribution < -0.4 is 0 Å². The Labute approximate surface area is 124 Å². The van der Waals surface area contributed by atoms with Crippen LogP contribution >= 0.6 is 0 Å². The molecule has 2 aromatic heterocycles. The van der Waals surface area contributed by atoms with Gasteiger partial charge in [-0.15, -0.1) is 0 Å². The summed E-state index contributed by atoms with van der Waals surface area (Å²) in [6, 6.07) is 4.70. The number of ether oxygens (including phenoxy) is 1. The summed E-state index contributed by atoms with van der Waals surface area (Å²) in [5.41, 5.74) is 0.372. The third-order valence-corrected chi connectivity index (χ3v) is 3.06. The molecule has 0 aliphatic heterocycles. The SMILES string of the molecule is CCOC(=O)c1c(-c2ccc(F)cc2F)nn2cccnc12. The molecule has 0 radical (unpaired) electrons. The first kappa shape index (κ1) is 14.1. The molecule has 1 aromatic carbocycles. The fourth-order valence-corrected chi connectivity index (χ4v) is 2.15. The second-order valence-corrected chi connectivity index (χ2v) is 4.46. The summed E-state index contributed by atoms with van der Waals surface area (Å²) in [6.07, 6.45) is 3.07. The second kappa shape index (κ2) is 5.51. The normalized spacial score (nSPS) is 10.9. The molecule has 0 N–H and O–H groups in total. The average Bonchev–Trinajstić information content (AvgIpc) is 2.86. The number of halogens is 2. The molecule has 7 heteroatoms. The molecule has 0 saturated carbocycles. The van der Waals surface area contributed by atoms with E-state index in [0.717, 1.165) is 12.1 Å². The minimum atomic E-state index is -0.811. The van der Waals surface area contributed by atoms with E-state index in [2.05, 4.69) is 10.1 Å². The minimum Gasteiger partial charge on any atom is -0.462 e. The molecule has 0 saturated heterocycles. The van der Waals surface area contributed by atoms with E-state index in [0.29, 0.717) is 0 Å². The standard InChI is InChI=1S/C15H11F2N3O2/c1-2-22-15(21)12-13(10-5-4-9(16)8-11(10)17)19-20-7-3-6-18-14(12)20/h3-8H,2H2,1H3. The number of carbonyl (C=O) groups is 1. The maximum absolute atomic E-state index is 14.0. The lowest BCUT2D eigenvalue weighted by Crippen LogP contribution is -2.06. The third-order valence-electron chi connectivity index (χ3n) is 3.06. The highest BCUT2D eigenvalue weighted by molar-refractivity contribution is 6.02. The molecule has 0 fully saturated rings. The second-order valence-electron chi connectivity index (χ2n) is 4.46. The Bertz CT molecular complexity index is 861. The number of esters is 1. The van der Waals surface area contributed by atoms with Crippen LogP contribution in [0.4, 0.5) is 8.78 Å². The molecular weight excluding hydrogens is 292 g/mol. The van der Waals surface area contributed by atoms with E-state index in [9.17, 15) is 13.6 Å². The van der Waals surface area contributed by atoms with Gasteiger partial charge in [0, 0.05) is 24.0 Å². The first-order valence-corrected chi connectivity index (χ1v) is 6.57. The third kappa shape index (κ3) is 2.30. The number of aromatic nitrogens is 3. The quantitative estimate of drug-likeness (QED) is 0.698. The van der Waals surface area contributed by atoms with Crippen molar-refractivity contribution in [1.29, 1.82) is 0 Å². The maximum atomic E-state index is 14.0. The summed E-state index contributed by atoms with van der Waals surface area (Å²) in [7, 11) is 0. The van der Waals surface area contributed by atoms with Gasteiger partial charge in [-0.3, -0.25) is 0 Å². The molecule has 2 heterocycles. The molecule has 0 aliphatic rings. The predicted molar refractivity (Wildman–Crippen MR) is 74.3 cm³/mol. The van der Waals surface area contributed by atoms with Gasteiger partial charge >= 0.3 is 5.97 Å². The summed E-state index contributed by atoms with van der Waals surface area (Å²) >= 11 is 0. The van der Waals surface area contributed by atoms with Gasteiger partial charge in [0.2, 0.25) is 0 Å².